The average molecular weight is 331 g/mol. The molecular weight excluding hydrogens is 302 g/mol. The van der Waals surface area contributed by atoms with Crippen molar-refractivity contribution in [3.63, 3.8) is 0 Å². The molecule has 24 heavy (non-hydrogen) atoms. The number of guanidine groups is 1. The Balaban J connectivity index is 1.67. The van der Waals surface area contributed by atoms with Crippen LogP contribution in [0.1, 0.15) is 44.6 Å². The highest BCUT2D eigenvalue weighted by molar-refractivity contribution is 5.80. The van der Waals surface area contributed by atoms with Crippen LogP contribution in [0.15, 0.2) is 29.3 Å². The first-order chi connectivity index (χ1) is 11.8. The molecule has 1 aromatic carbocycles. The standard InChI is InChI=1S/C19H29N3O2/c1-2-20-19(22-12-10-16(23)11-13-22)21-14-15-6-3-4-9-18(15)24-17-7-5-8-17/h3-4,6,9,16-17,23H,2,5,7-8,10-14H2,1H3,(H,20,21). The van der Waals surface area contributed by atoms with E-state index in [1.54, 1.807) is 0 Å². The number of hydrogen-bond acceptors (Lipinski definition) is 3. The van der Waals surface area contributed by atoms with Gasteiger partial charge in [0.1, 0.15) is 5.75 Å². The van der Waals surface area contributed by atoms with Crippen LogP contribution in [0, 0.1) is 0 Å². The molecule has 1 saturated carbocycles. The van der Waals surface area contributed by atoms with Gasteiger partial charge >= 0.3 is 0 Å². The lowest BCUT2D eigenvalue weighted by molar-refractivity contribution is 0.108. The van der Waals surface area contributed by atoms with Crippen LogP contribution in [0.25, 0.3) is 0 Å². The molecule has 2 N–H and O–H groups in total. The van der Waals surface area contributed by atoms with Gasteiger partial charge in [-0.2, -0.15) is 0 Å². The molecule has 0 aromatic heterocycles. The normalized spacial score (nSPS) is 19.9. The van der Waals surface area contributed by atoms with Gasteiger partial charge in [-0.1, -0.05) is 18.2 Å². The Hall–Kier alpha value is -1.75. The minimum atomic E-state index is -0.166. The third-order valence-electron chi connectivity index (χ3n) is 4.82. The molecule has 5 heteroatoms. The molecule has 2 aliphatic rings. The molecule has 0 atom stereocenters. The molecule has 1 aliphatic carbocycles. The molecule has 0 radical (unpaired) electrons. The van der Waals surface area contributed by atoms with E-state index < -0.39 is 0 Å². The van der Waals surface area contributed by atoms with Crippen molar-refractivity contribution in [1.82, 2.24) is 10.2 Å². The van der Waals surface area contributed by atoms with Crippen molar-refractivity contribution in [3.8, 4) is 5.75 Å². The second-order valence-electron chi connectivity index (χ2n) is 6.67. The van der Waals surface area contributed by atoms with E-state index in [0.29, 0.717) is 12.6 Å². The summed E-state index contributed by atoms with van der Waals surface area (Å²) in [6.07, 6.45) is 5.44. The number of rotatable bonds is 5. The molecule has 1 heterocycles. The number of aliphatic imine (C=N–C) groups is 1. The highest BCUT2D eigenvalue weighted by Gasteiger charge is 2.21. The molecule has 0 unspecified atom stereocenters. The first-order valence-electron chi connectivity index (χ1n) is 9.22. The number of aliphatic hydroxyl groups excluding tert-OH is 1. The van der Waals surface area contributed by atoms with Gasteiger partial charge in [0.25, 0.3) is 0 Å². The molecule has 3 rings (SSSR count). The molecule has 0 amide bonds. The van der Waals surface area contributed by atoms with Crippen LogP contribution in [-0.4, -0.2) is 47.8 Å². The van der Waals surface area contributed by atoms with Crippen LogP contribution in [0.2, 0.25) is 0 Å². The Morgan fingerprint density at radius 2 is 2.00 bits per heavy atom. The molecule has 2 fully saturated rings. The summed E-state index contributed by atoms with van der Waals surface area (Å²) in [5.74, 6) is 1.90. The largest absolute Gasteiger partial charge is 0.490 e. The van der Waals surface area contributed by atoms with Gasteiger partial charge in [-0.3, -0.25) is 0 Å². The maximum Gasteiger partial charge on any atom is 0.194 e. The summed E-state index contributed by atoms with van der Waals surface area (Å²) in [5, 5.41) is 13.1. The summed E-state index contributed by atoms with van der Waals surface area (Å²) in [6.45, 7) is 5.25. The number of nitrogens with one attached hydrogen (secondary N) is 1. The van der Waals surface area contributed by atoms with Gasteiger partial charge in [0.2, 0.25) is 0 Å². The topological polar surface area (TPSA) is 57.1 Å². The lowest BCUT2D eigenvalue weighted by atomic mass is 9.96. The Bertz CT molecular complexity index is 549. The zero-order valence-electron chi connectivity index (χ0n) is 14.6. The highest BCUT2D eigenvalue weighted by Crippen LogP contribution is 2.28. The van der Waals surface area contributed by atoms with Crippen LogP contribution >= 0.6 is 0 Å². The monoisotopic (exact) mass is 331 g/mol. The van der Waals surface area contributed by atoms with Gasteiger partial charge in [0.15, 0.2) is 5.96 Å². The molecule has 0 bridgehead atoms. The number of piperidine rings is 1. The lowest BCUT2D eigenvalue weighted by Gasteiger charge is -2.32. The van der Waals surface area contributed by atoms with E-state index in [0.717, 1.165) is 62.6 Å². The van der Waals surface area contributed by atoms with Crippen molar-refractivity contribution in [2.75, 3.05) is 19.6 Å². The van der Waals surface area contributed by atoms with Gasteiger partial charge < -0.3 is 20.1 Å². The Morgan fingerprint density at radius 3 is 2.67 bits per heavy atom. The van der Waals surface area contributed by atoms with E-state index in [1.165, 1.54) is 6.42 Å². The van der Waals surface area contributed by atoms with Crippen molar-refractivity contribution < 1.29 is 9.84 Å². The Morgan fingerprint density at radius 1 is 1.25 bits per heavy atom. The molecule has 132 valence electrons. The van der Waals surface area contributed by atoms with Gasteiger partial charge in [-0.05, 0) is 45.1 Å². The lowest BCUT2D eigenvalue weighted by Crippen LogP contribution is -2.46. The van der Waals surface area contributed by atoms with Gasteiger partial charge in [0.05, 0.1) is 18.8 Å². The fourth-order valence-electron chi connectivity index (χ4n) is 3.08. The SMILES string of the molecule is CCNC(=NCc1ccccc1OC1CCC1)N1CCC(O)CC1. The third-order valence-corrected chi connectivity index (χ3v) is 4.82. The van der Waals surface area contributed by atoms with E-state index in [1.807, 2.05) is 18.2 Å². The molecule has 1 saturated heterocycles. The summed E-state index contributed by atoms with van der Waals surface area (Å²) in [7, 11) is 0. The van der Waals surface area contributed by atoms with Crippen molar-refractivity contribution in [1.29, 1.82) is 0 Å². The quantitative estimate of drug-likeness (QED) is 0.643. The first kappa shape index (κ1) is 17.1. The second kappa shape index (κ2) is 8.38. The maximum absolute atomic E-state index is 9.69. The number of aliphatic hydroxyl groups is 1. The van der Waals surface area contributed by atoms with E-state index in [4.69, 9.17) is 9.73 Å². The van der Waals surface area contributed by atoms with Crippen LogP contribution in [0.5, 0.6) is 5.75 Å². The van der Waals surface area contributed by atoms with Gasteiger partial charge in [-0.25, -0.2) is 4.99 Å². The molecular formula is C19H29N3O2. The number of hydrogen-bond donors (Lipinski definition) is 2. The van der Waals surface area contributed by atoms with E-state index in [2.05, 4.69) is 23.2 Å². The van der Waals surface area contributed by atoms with Gasteiger partial charge in [0, 0.05) is 25.2 Å². The molecule has 0 spiro atoms. The van der Waals surface area contributed by atoms with Crippen molar-refractivity contribution in [3.05, 3.63) is 29.8 Å². The first-order valence-corrected chi connectivity index (χ1v) is 9.22. The molecule has 5 nitrogen and oxygen atoms in total. The number of benzene rings is 1. The molecule has 1 aliphatic heterocycles. The van der Waals surface area contributed by atoms with Crippen molar-refractivity contribution in [2.45, 2.75) is 57.8 Å². The summed E-state index contributed by atoms with van der Waals surface area (Å²) in [4.78, 5) is 7.06. The van der Waals surface area contributed by atoms with Crippen LogP contribution in [0.3, 0.4) is 0 Å². The number of nitrogens with zero attached hydrogens (tertiary/aromatic N) is 2. The summed E-state index contributed by atoms with van der Waals surface area (Å²) >= 11 is 0. The number of para-hydroxylation sites is 1. The van der Waals surface area contributed by atoms with Crippen molar-refractivity contribution >= 4 is 5.96 Å². The summed E-state index contributed by atoms with van der Waals surface area (Å²) in [5.41, 5.74) is 1.14. The fraction of sp³-hybridized carbons (Fsp3) is 0.632. The van der Waals surface area contributed by atoms with E-state index in [9.17, 15) is 5.11 Å². The minimum absolute atomic E-state index is 0.166. The average Bonchev–Trinajstić information content (AvgIpc) is 2.56. The maximum atomic E-state index is 9.69. The third kappa shape index (κ3) is 4.41. The molecule has 1 aromatic rings. The number of likely N-dealkylation sites (tertiary alicyclic amines) is 1. The smallest absolute Gasteiger partial charge is 0.194 e. The highest BCUT2D eigenvalue weighted by atomic mass is 16.5. The van der Waals surface area contributed by atoms with Gasteiger partial charge in [-0.15, -0.1) is 0 Å². The fourth-order valence-corrected chi connectivity index (χ4v) is 3.08. The van der Waals surface area contributed by atoms with E-state index >= 15 is 0 Å². The van der Waals surface area contributed by atoms with E-state index in [-0.39, 0.29) is 6.10 Å². The van der Waals surface area contributed by atoms with Crippen LogP contribution in [-0.2, 0) is 6.54 Å². The van der Waals surface area contributed by atoms with Crippen LogP contribution in [0.4, 0.5) is 0 Å². The zero-order chi connectivity index (χ0) is 16.8. The van der Waals surface area contributed by atoms with Crippen LogP contribution < -0.4 is 10.1 Å². The minimum Gasteiger partial charge on any atom is -0.490 e. The van der Waals surface area contributed by atoms with Crippen molar-refractivity contribution in [2.24, 2.45) is 4.99 Å². The summed E-state index contributed by atoms with van der Waals surface area (Å²) in [6, 6.07) is 8.22. The second-order valence-corrected chi connectivity index (χ2v) is 6.67. The Labute approximate surface area is 144 Å². The predicted molar refractivity (Wildman–Crippen MR) is 96.3 cm³/mol. The number of ether oxygens (including phenoxy) is 1. The predicted octanol–water partition coefficient (Wildman–Crippen LogP) is 2.54. The Kier molecular flexibility index (Phi) is 5.96. The zero-order valence-corrected chi connectivity index (χ0v) is 14.6. The summed E-state index contributed by atoms with van der Waals surface area (Å²) < 4.78 is 6.10.